The normalized spacial score (nSPS) is 24.0. The molecule has 0 aromatic carbocycles. The van der Waals surface area contributed by atoms with E-state index >= 15 is 0 Å². The second kappa shape index (κ2) is 6.11. The molecule has 3 aromatic rings. The van der Waals surface area contributed by atoms with E-state index in [-0.39, 0.29) is 0 Å². The van der Waals surface area contributed by atoms with Gasteiger partial charge in [0.25, 0.3) is 0 Å². The van der Waals surface area contributed by atoms with Gasteiger partial charge in [0, 0.05) is 43.3 Å². The second-order valence-corrected chi connectivity index (χ2v) is 7.69. The van der Waals surface area contributed by atoms with E-state index in [2.05, 4.69) is 42.4 Å². The molecule has 5 rings (SSSR count). The molecule has 0 radical (unpaired) electrons. The SMILES string of the molecule is CN1CCC[C@H]1CN1CCC(n2cnc3cnc4[nH]ccc4c32)CC1. The number of H-pyrrole nitrogens is 1. The van der Waals surface area contributed by atoms with Gasteiger partial charge in [0.2, 0.25) is 0 Å². The van der Waals surface area contributed by atoms with Gasteiger partial charge in [-0.05, 0) is 45.3 Å². The Balaban J connectivity index is 1.34. The molecule has 1 N–H and O–H groups in total. The molecule has 2 fully saturated rings. The van der Waals surface area contributed by atoms with Gasteiger partial charge in [-0.2, -0.15) is 0 Å². The topological polar surface area (TPSA) is 53.0 Å². The summed E-state index contributed by atoms with van der Waals surface area (Å²) in [7, 11) is 2.28. The minimum atomic E-state index is 0.544. The first-order valence-corrected chi connectivity index (χ1v) is 9.51. The smallest absolute Gasteiger partial charge is 0.139 e. The number of nitrogens with zero attached hydrogens (tertiary/aromatic N) is 5. The Morgan fingerprint density at radius 2 is 2.04 bits per heavy atom. The highest BCUT2D eigenvalue weighted by molar-refractivity contribution is 6.00. The maximum Gasteiger partial charge on any atom is 0.139 e. The third-order valence-electron chi connectivity index (χ3n) is 6.21. The van der Waals surface area contributed by atoms with Gasteiger partial charge in [-0.1, -0.05) is 0 Å². The van der Waals surface area contributed by atoms with Crippen molar-refractivity contribution < 1.29 is 0 Å². The van der Waals surface area contributed by atoms with E-state index in [1.807, 2.05) is 18.7 Å². The summed E-state index contributed by atoms with van der Waals surface area (Å²) < 4.78 is 2.40. The average molecular weight is 338 g/mol. The fourth-order valence-corrected chi connectivity index (χ4v) is 4.70. The molecule has 0 aliphatic carbocycles. The van der Waals surface area contributed by atoms with Crippen molar-refractivity contribution in [3.05, 3.63) is 24.8 Å². The first kappa shape index (κ1) is 15.3. The molecule has 0 bridgehead atoms. The molecule has 6 heteroatoms. The molecule has 25 heavy (non-hydrogen) atoms. The maximum absolute atomic E-state index is 4.60. The third-order valence-corrected chi connectivity index (χ3v) is 6.21. The molecule has 0 unspecified atom stereocenters. The number of hydrogen-bond donors (Lipinski definition) is 1. The lowest BCUT2D eigenvalue weighted by Gasteiger charge is -2.35. The lowest BCUT2D eigenvalue weighted by atomic mass is 10.0. The molecule has 0 amide bonds. The van der Waals surface area contributed by atoms with E-state index in [0.717, 1.165) is 17.2 Å². The van der Waals surface area contributed by atoms with Crippen LogP contribution in [-0.2, 0) is 0 Å². The summed E-state index contributed by atoms with van der Waals surface area (Å²) in [5, 5.41) is 1.19. The zero-order valence-corrected chi connectivity index (χ0v) is 14.9. The van der Waals surface area contributed by atoms with Crippen molar-refractivity contribution in [2.45, 2.75) is 37.8 Å². The molecule has 0 spiro atoms. The lowest BCUT2D eigenvalue weighted by molar-refractivity contribution is 0.146. The molecule has 1 atom stereocenters. The highest BCUT2D eigenvalue weighted by atomic mass is 15.2. The molecule has 0 saturated carbocycles. The maximum atomic E-state index is 4.60. The lowest BCUT2D eigenvalue weighted by Crippen LogP contribution is -2.42. The number of hydrogen-bond acceptors (Lipinski definition) is 4. The number of imidazole rings is 1. The summed E-state index contributed by atoms with van der Waals surface area (Å²) in [6.07, 6.45) is 11.0. The van der Waals surface area contributed by atoms with Crippen LogP contribution in [-0.4, -0.2) is 68.6 Å². The highest BCUT2D eigenvalue weighted by Crippen LogP contribution is 2.30. The Kier molecular flexibility index (Phi) is 3.75. The van der Waals surface area contributed by atoms with E-state index in [0.29, 0.717) is 6.04 Å². The number of likely N-dealkylation sites (N-methyl/N-ethyl adjacent to an activating group) is 1. The van der Waals surface area contributed by atoms with E-state index in [1.54, 1.807) is 0 Å². The average Bonchev–Trinajstić information content (AvgIpc) is 3.35. The first-order valence-electron chi connectivity index (χ1n) is 9.51. The quantitative estimate of drug-likeness (QED) is 0.798. The van der Waals surface area contributed by atoms with Gasteiger partial charge in [0.1, 0.15) is 11.2 Å². The van der Waals surface area contributed by atoms with E-state index in [9.17, 15) is 0 Å². The fraction of sp³-hybridized carbons (Fsp3) is 0.579. The Labute approximate surface area is 147 Å². The molecule has 3 aromatic heterocycles. The van der Waals surface area contributed by atoms with Crippen molar-refractivity contribution in [1.29, 1.82) is 0 Å². The van der Waals surface area contributed by atoms with Gasteiger partial charge in [0.05, 0.1) is 18.0 Å². The monoisotopic (exact) mass is 338 g/mol. The van der Waals surface area contributed by atoms with Crippen molar-refractivity contribution in [3.63, 3.8) is 0 Å². The predicted molar refractivity (Wildman–Crippen MR) is 99.7 cm³/mol. The number of aromatic amines is 1. The van der Waals surface area contributed by atoms with Crippen molar-refractivity contribution >= 4 is 22.1 Å². The Hall–Kier alpha value is -1.92. The zero-order valence-electron chi connectivity index (χ0n) is 14.9. The van der Waals surface area contributed by atoms with Crippen molar-refractivity contribution in [2.75, 3.05) is 33.2 Å². The van der Waals surface area contributed by atoms with Crippen LogP contribution in [0.25, 0.3) is 22.1 Å². The summed E-state index contributed by atoms with van der Waals surface area (Å²) in [5.74, 6) is 0. The minimum absolute atomic E-state index is 0.544. The number of rotatable bonds is 3. The summed E-state index contributed by atoms with van der Waals surface area (Å²) in [6, 6.07) is 3.42. The number of likely N-dealkylation sites (tertiary alicyclic amines) is 2. The number of fused-ring (bicyclic) bond motifs is 3. The second-order valence-electron chi connectivity index (χ2n) is 7.69. The Morgan fingerprint density at radius 3 is 2.84 bits per heavy atom. The van der Waals surface area contributed by atoms with Crippen LogP contribution in [0.2, 0.25) is 0 Å². The van der Waals surface area contributed by atoms with Crippen LogP contribution >= 0.6 is 0 Å². The summed E-state index contributed by atoms with van der Waals surface area (Å²) in [4.78, 5) is 17.5. The van der Waals surface area contributed by atoms with Crippen molar-refractivity contribution in [3.8, 4) is 0 Å². The molecule has 2 aliphatic rings. The van der Waals surface area contributed by atoms with Crippen LogP contribution in [0.3, 0.4) is 0 Å². The third kappa shape index (κ3) is 2.64. The predicted octanol–water partition coefficient (Wildman–Crippen LogP) is 2.64. The van der Waals surface area contributed by atoms with Crippen LogP contribution in [0.1, 0.15) is 31.7 Å². The van der Waals surface area contributed by atoms with Crippen LogP contribution in [0, 0.1) is 0 Å². The number of pyridine rings is 1. The molecular formula is C19H26N6. The minimum Gasteiger partial charge on any atom is -0.346 e. The Bertz CT molecular complexity index is 872. The first-order chi connectivity index (χ1) is 12.3. The van der Waals surface area contributed by atoms with E-state index in [1.165, 1.54) is 62.8 Å². The fourth-order valence-electron chi connectivity index (χ4n) is 4.70. The van der Waals surface area contributed by atoms with Crippen molar-refractivity contribution in [1.82, 2.24) is 29.3 Å². The number of nitrogens with one attached hydrogen (secondary N) is 1. The van der Waals surface area contributed by atoms with E-state index in [4.69, 9.17) is 0 Å². The standard InChI is InChI=1S/C19H26N6/c1-23-8-2-3-15(23)12-24-9-5-14(6-10-24)25-13-22-17-11-21-19-16(18(17)25)4-7-20-19/h4,7,11,13-15H,2-3,5-6,8-10,12H2,1H3,(H,20,21)/t15-/m0/s1. The van der Waals surface area contributed by atoms with Crippen LogP contribution < -0.4 is 0 Å². The molecule has 2 aliphatic heterocycles. The van der Waals surface area contributed by atoms with Gasteiger partial charge in [-0.25, -0.2) is 9.97 Å². The van der Waals surface area contributed by atoms with E-state index < -0.39 is 0 Å². The number of aromatic nitrogens is 4. The highest BCUT2D eigenvalue weighted by Gasteiger charge is 2.27. The summed E-state index contributed by atoms with van der Waals surface area (Å²) in [6.45, 7) is 4.88. The zero-order chi connectivity index (χ0) is 16.8. The molecule has 132 valence electrons. The van der Waals surface area contributed by atoms with Gasteiger partial charge in [-0.15, -0.1) is 0 Å². The van der Waals surface area contributed by atoms with Gasteiger partial charge >= 0.3 is 0 Å². The van der Waals surface area contributed by atoms with Crippen molar-refractivity contribution in [2.24, 2.45) is 0 Å². The molecular weight excluding hydrogens is 312 g/mol. The van der Waals surface area contributed by atoms with Crippen LogP contribution in [0.15, 0.2) is 24.8 Å². The van der Waals surface area contributed by atoms with Crippen LogP contribution in [0.5, 0.6) is 0 Å². The van der Waals surface area contributed by atoms with Gasteiger partial charge < -0.3 is 19.4 Å². The largest absolute Gasteiger partial charge is 0.346 e. The Morgan fingerprint density at radius 1 is 1.16 bits per heavy atom. The van der Waals surface area contributed by atoms with Gasteiger partial charge in [-0.3, -0.25) is 0 Å². The van der Waals surface area contributed by atoms with Gasteiger partial charge in [0.15, 0.2) is 0 Å². The molecule has 5 heterocycles. The number of piperidine rings is 1. The summed E-state index contributed by atoms with van der Waals surface area (Å²) >= 11 is 0. The van der Waals surface area contributed by atoms with Crippen LogP contribution in [0.4, 0.5) is 0 Å². The molecule has 2 saturated heterocycles. The summed E-state index contributed by atoms with van der Waals surface area (Å²) in [5.41, 5.74) is 3.19. The molecule has 6 nitrogen and oxygen atoms in total.